The Balaban J connectivity index is 1.78. The van der Waals surface area contributed by atoms with Crippen LogP contribution in [0.4, 0.5) is 5.69 Å². The third-order valence-corrected chi connectivity index (χ3v) is 7.92. The van der Waals surface area contributed by atoms with Gasteiger partial charge in [0.15, 0.2) is 5.78 Å². The summed E-state index contributed by atoms with van der Waals surface area (Å²) in [6, 6.07) is 20.9. The second-order valence-corrected chi connectivity index (χ2v) is 10.4. The van der Waals surface area contributed by atoms with Crippen molar-refractivity contribution in [3.05, 3.63) is 111 Å². The van der Waals surface area contributed by atoms with Gasteiger partial charge in [0.25, 0.3) is 5.69 Å². The molecule has 3 aromatic carbocycles. The van der Waals surface area contributed by atoms with E-state index in [1.807, 2.05) is 31.2 Å². The smallest absolute Gasteiger partial charge is 0.330 e. The maximum absolute atomic E-state index is 14.3. The van der Waals surface area contributed by atoms with Gasteiger partial charge in [0.1, 0.15) is 5.54 Å². The molecule has 1 saturated carbocycles. The van der Waals surface area contributed by atoms with Crippen LogP contribution in [0.3, 0.4) is 0 Å². The number of hydrogen-bond donors (Lipinski definition) is 1. The third-order valence-electron chi connectivity index (χ3n) is 7.92. The van der Waals surface area contributed by atoms with E-state index in [-0.39, 0.29) is 23.3 Å². The number of amides is 1. The summed E-state index contributed by atoms with van der Waals surface area (Å²) in [7, 11) is 0. The highest BCUT2D eigenvalue weighted by molar-refractivity contribution is 6.02. The highest BCUT2D eigenvalue weighted by atomic mass is 16.6. The summed E-state index contributed by atoms with van der Waals surface area (Å²) in [5, 5.41) is 22.1. The minimum atomic E-state index is -1.78. The number of Topliss-reactive ketones (excluding diaryl/α,β-unsaturated/α-hetero) is 1. The Morgan fingerprint density at radius 1 is 0.921 bits per heavy atom. The van der Waals surface area contributed by atoms with Gasteiger partial charge in [-0.2, -0.15) is 0 Å². The lowest BCUT2D eigenvalue weighted by molar-refractivity contribution is -0.384. The second-order valence-electron chi connectivity index (χ2n) is 10.4. The second kappa shape index (κ2) is 9.52. The number of hydrogen-bond acceptors (Lipinski definition) is 5. The molecule has 0 bridgehead atoms. The third kappa shape index (κ3) is 4.16. The van der Waals surface area contributed by atoms with Gasteiger partial charge < -0.3 is 10.0 Å². The summed E-state index contributed by atoms with van der Waals surface area (Å²) in [6.45, 7) is 3.43. The van der Waals surface area contributed by atoms with Gasteiger partial charge in [-0.3, -0.25) is 19.7 Å². The van der Waals surface area contributed by atoms with Gasteiger partial charge in [-0.1, -0.05) is 72.3 Å². The number of carboxylic acids is 1. The van der Waals surface area contributed by atoms with E-state index in [1.54, 1.807) is 30.3 Å². The van der Waals surface area contributed by atoms with E-state index in [1.165, 1.54) is 36.1 Å². The fourth-order valence-electron chi connectivity index (χ4n) is 5.81. The molecule has 194 valence electrons. The number of aliphatic carboxylic acids is 1. The number of non-ortho nitro benzene ring substituents is 1. The zero-order chi connectivity index (χ0) is 27.2. The van der Waals surface area contributed by atoms with E-state index in [4.69, 9.17) is 0 Å². The number of nitro groups is 1. The summed E-state index contributed by atoms with van der Waals surface area (Å²) in [6.07, 6.45) is 1.34. The van der Waals surface area contributed by atoms with Crippen LogP contribution in [0.5, 0.6) is 0 Å². The zero-order valence-corrected chi connectivity index (χ0v) is 21.1. The molecule has 2 aliphatic rings. The summed E-state index contributed by atoms with van der Waals surface area (Å²) < 4.78 is 0. The predicted molar refractivity (Wildman–Crippen MR) is 140 cm³/mol. The number of carbonyl (C=O) groups is 3. The van der Waals surface area contributed by atoms with Crippen molar-refractivity contribution in [1.29, 1.82) is 0 Å². The Morgan fingerprint density at radius 2 is 1.50 bits per heavy atom. The summed E-state index contributed by atoms with van der Waals surface area (Å²) in [5.74, 6) is -3.97. The van der Waals surface area contributed by atoms with Crippen LogP contribution in [-0.4, -0.2) is 38.1 Å². The lowest BCUT2D eigenvalue weighted by Crippen LogP contribution is -2.54. The Bertz CT molecular complexity index is 1400. The van der Waals surface area contributed by atoms with Crippen molar-refractivity contribution in [2.45, 2.75) is 44.2 Å². The van der Waals surface area contributed by atoms with E-state index in [9.17, 15) is 29.6 Å². The quantitative estimate of drug-likeness (QED) is 0.260. The summed E-state index contributed by atoms with van der Waals surface area (Å²) in [5.41, 5.74) is 0.616. The average Bonchev–Trinajstić information content (AvgIpc) is 3.72. The van der Waals surface area contributed by atoms with Crippen molar-refractivity contribution in [3.8, 4) is 0 Å². The van der Waals surface area contributed by atoms with Gasteiger partial charge in [-0.25, -0.2) is 4.79 Å². The number of carbonyl (C=O) groups excluding carboxylic acids is 2. The normalized spacial score (nSPS) is 24.7. The van der Waals surface area contributed by atoms with Gasteiger partial charge >= 0.3 is 5.97 Å². The topological polar surface area (TPSA) is 118 Å². The maximum Gasteiger partial charge on any atom is 0.330 e. The molecule has 0 radical (unpaired) electrons. The maximum atomic E-state index is 14.3. The molecule has 1 amide bonds. The Morgan fingerprint density at radius 3 is 2.03 bits per heavy atom. The molecule has 0 spiro atoms. The van der Waals surface area contributed by atoms with Crippen LogP contribution in [0, 0.1) is 28.9 Å². The first-order valence-electron chi connectivity index (χ1n) is 12.6. The highest BCUT2D eigenvalue weighted by Crippen LogP contribution is 2.58. The summed E-state index contributed by atoms with van der Waals surface area (Å²) in [4.78, 5) is 53.5. The number of rotatable bonds is 7. The Labute approximate surface area is 220 Å². The van der Waals surface area contributed by atoms with Crippen molar-refractivity contribution in [2.24, 2.45) is 11.8 Å². The molecule has 1 aliphatic heterocycles. The van der Waals surface area contributed by atoms with E-state index < -0.39 is 34.3 Å². The van der Waals surface area contributed by atoms with Crippen molar-refractivity contribution < 1.29 is 24.4 Å². The van der Waals surface area contributed by atoms with Crippen LogP contribution < -0.4 is 0 Å². The molecule has 8 heteroatoms. The molecule has 8 nitrogen and oxygen atoms in total. The van der Waals surface area contributed by atoms with E-state index in [0.717, 1.165) is 5.56 Å². The highest BCUT2D eigenvalue weighted by Gasteiger charge is 2.65. The first-order chi connectivity index (χ1) is 18.1. The van der Waals surface area contributed by atoms with Gasteiger partial charge in [-0.15, -0.1) is 0 Å². The fourth-order valence-corrected chi connectivity index (χ4v) is 5.81. The van der Waals surface area contributed by atoms with Crippen LogP contribution in [-0.2, 0) is 9.59 Å². The molecular formula is C30H28N2O6. The molecule has 2 fully saturated rings. The number of ketones is 1. The number of nitro benzene ring substituents is 1. The van der Waals surface area contributed by atoms with Crippen molar-refractivity contribution in [3.63, 3.8) is 0 Å². The lowest BCUT2D eigenvalue weighted by atomic mass is 9.71. The molecule has 1 saturated heterocycles. The largest absolute Gasteiger partial charge is 0.479 e. The van der Waals surface area contributed by atoms with Gasteiger partial charge in [0, 0.05) is 29.5 Å². The number of likely N-dealkylation sites (tertiary alicyclic amines) is 1. The Kier molecular flexibility index (Phi) is 6.34. The van der Waals surface area contributed by atoms with E-state index >= 15 is 0 Å². The lowest BCUT2D eigenvalue weighted by Gasteiger charge is -2.38. The molecular weight excluding hydrogens is 484 g/mol. The van der Waals surface area contributed by atoms with Crippen LogP contribution >= 0.6 is 0 Å². The van der Waals surface area contributed by atoms with Crippen molar-refractivity contribution >= 4 is 23.3 Å². The first kappa shape index (κ1) is 25.3. The van der Waals surface area contributed by atoms with Gasteiger partial charge in [0.05, 0.1) is 16.9 Å². The molecule has 1 N–H and O–H groups in total. The van der Waals surface area contributed by atoms with Gasteiger partial charge in [-0.05, 0) is 37.8 Å². The van der Waals surface area contributed by atoms with Crippen molar-refractivity contribution in [1.82, 2.24) is 4.90 Å². The monoisotopic (exact) mass is 512 g/mol. The molecule has 4 atom stereocenters. The van der Waals surface area contributed by atoms with Crippen LogP contribution in [0.1, 0.15) is 58.8 Å². The standard InChI is InChI=1S/C30H28N2O6/c1-18-8-10-20(11-9-18)26-24(27(33)21-6-4-3-5-7-21)25(19-14-16-23(17-15-19)32(37)38)30(2,29(35)36)31(26)28(34)22-12-13-22/h3-11,14-17,22,24-26H,12-13H2,1-2H3,(H,35,36). The molecule has 5 rings (SSSR count). The van der Waals surface area contributed by atoms with Gasteiger partial charge in [0.2, 0.25) is 5.91 Å². The van der Waals surface area contributed by atoms with Crippen molar-refractivity contribution in [2.75, 3.05) is 0 Å². The summed E-state index contributed by atoms with van der Waals surface area (Å²) >= 11 is 0. The van der Waals surface area contributed by atoms with E-state index in [0.29, 0.717) is 29.5 Å². The van der Waals surface area contributed by atoms with Crippen LogP contribution in [0.2, 0.25) is 0 Å². The molecule has 3 aromatic rings. The predicted octanol–water partition coefficient (Wildman–Crippen LogP) is 5.32. The fraction of sp³-hybridized carbons (Fsp3) is 0.300. The first-order valence-corrected chi connectivity index (χ1v) is 12.6. The molecule has 4 unspecified atom stereocenters. The number of benzene rings is 3. The molecule has 0 aromatic heterocycles. The van der Waals surface area contributed by atoms with Crippen LogP contribution in [0.15, 0.2) is 78.9 Å². The number of carboxylic acid groups (broad SMARTS) is 1. The zero-order valence-electron chi connectivity index (χ0n) is 21.1. The number of nitrogens with zero attached hydrogens (tertiary/aromatic N) is 2. The molecule has 38 heavy (non-hydrogen) atoms. The van der Waals surface area contributed by atoms with Crippen LogP contribution in [0.25, 0.3) is 0 Å². The molecule has 1 aliphatic carbocycles. The average molecular weight is 513 g/mol. The minimum Gasteiger partial charge on any atom is -0.479 e. The SMILES string of the molecule is Cc1ccc(C2C(C(=O)c3ccccc3)C(c3ccc([N+](=O)[O-])cc3)C(C)(C(=O)O)N2C(=O)C2CC2)cc1. The molecule has 1 heterocycles. The number of aryl methyl sites for hydroxylation is 1. The van der Waals surface area contributed by atoms with E-state index in [2.05, 4.69) is 0 Å². The minimum absolute atomic E-state index is 0.143. The Hall–Kier alpha value is -4.33.